The van der Waals surface area contributed by atoms with Gasteiger partial charge in [0.25, 0.3) is 5.91 Å². The normalized spacial score (nSPS) is 12.4. The van der Waals surface area contributed by atoms with Crippen LogP contribution in [0.2, 0.25) is 5.02 Å². The average Bonchev–Trinajstić information content (AvgIpc) is 3.32. The van der Waals surface area contributed by atoms with Crippen molar-refractivity contribution in [2.45, 2.75) is 12.8 Å². The number of fused-ring (bicyclic) bond motifs is 3. The second-order valence-electron chi connectivity index (χ2n) is 6.20. The van der Waals surface area contributed by atoms with E-state index in [0.29, 0.717) is 16.2 Å². The molecule has 4 aromatic rings. The largest absolute Gasteiger partial charge is 0.469 e. The summed E-state index contributed by atoms with van der Waals surface area (Å²) in [6, 6.07) is 11.1. The highest BCUT2D eigenvalue weighted by molar-refractivity contribution is 7.07. The molecule has 0 radical (unpaired) electrons. The first-order valence-electron chi connectivity index (χ1n) is 8.25. The van der Waals surface area contributed by atoms with Gasteiger partial charge in [0.1, 0.15) is 5.69 Å². The summed E-state index contributed by atoms with van der Waals surface area (Å²) in [7, 11) is 1.36. The number of carbonyl (C=O) groups is 2. The van der Waals surface area contributed by atoms with Crippen LogP contribution in [0.3, 0.4) is 0 Å². The fourth-order valence-electron chi connectivity index (χ4n) is 3.24. The van der Waals surface area contributed by atoms with Crippen LogP contribution < -0.4 is 0 Å². The van der Waals surface area contributed by atoms with Crippen molar-refractivity contribution in [1.29, 1.82) is 0 Å². The average molecular weight is 399 g/mol. The smallest absolute Gasteiger partial charge is 0.312 e. The summed E-state index contributed by atoms with van der Waals surface area (Å²) in [6.45, 7) is 1.78. The van der Waals surface area contributed by atoms with Crippen LogP contribution >= 0.6 is 22.9 Å². The Hall–Kier alpha value is -2.70. The lowest BCUT2D eigenvalue weighted by Gasteiger charge is -2.10. The summed E-state index contributed by atoms with van der Waals surface area (Å²) in [5, 5.41) is 4.07. The molecule has 0 amide bonds. The van der Waals surface area contributed by atoms with E-state index in [1.54, 1.807) is 28.4 Å². The first-order valence-corrected chi connectivity index (χ1v) is 9.57. The Kier molecular flexibility index (Phi) is 4.45. The van der Waals surface area contributed by atoms with E-state index in [9.17, 15) is 9.59 Å². The number of methoxy groups -OCH3 is 1. The maximum absolute atomic E-state index is 13.1. The van der Waals surface area contributed by atoms with Crippen LogP contribution in [0.15, 0.2) is 47.3 Å². The maximum atomic E-state index is 13.1. The quantitative estimate of drug-likeness (QED) is 0.462. The number of hydrogen-bond donors (Lipinski definition) is 0. The van der Waals surface area contributed by atoms with E-state index < -0.39 is 5.92 Å². The molecule has 0 aliphatic heterocycles. The zero-order chi connectivity index (χ0) is 19.1. The minimum atomic E-state index is -0.441. The van der Waals surface area contributed by atoms with Crippen LogP contribution in [-0.2, 0) is 9.53 Å². The lowest BCUT2D eigenvalue weighted by Crippen LogP contribution is -2.13. The van der Waals surface area contributed by atoms with Crippen LogP contribution in [-0.4, -0.2) is 28.5 Å². The third-order valence-electron chi connectivity index (χ3n) is 4.66. The number of rotatable bonds is 3. The molecular formula is C20H15ClN2O3S. The number of esters is 1. The van der Waals surface area contributed by atoms with Crippen molar-refractivity contribution in [3.63, 3.8) is 0 Å². The van der Waals surface area contributed by atoms with E-state index in [1.807, 2.05) is 30.3 Å². The third kappa shape index (κ3) is 2.91. The van der Waals surface area contributed by atoms with E-state index in [0.717, 1.165) is 21.9 Å². The lowest BCUT2D eigenvalue weighted by atomic mass is 9.99. The van der Waals surface area contributed by atoms with Crippen molar-refractivity contribution in [2.75, 3.05) is 7.11 Å². The minimum Gasteiger partial charge on any atom is -0.469 e. The molecule has 0 bridgehead atoms. The van der Waals surface area contributed by atoms with E-state index in [2.05, 4.69) is 4.98 Å². The molecule has 7 heteroatoms. The first-order chi connectivity index (χ1) is 13.0. The molecule has 0 aliphatic rings. The summed E-state index contributed by atoms with van der Waals surface area (Å²) in [5.41, 5.74) is 4.23. The van der Waals surface area contributed by atoms with Gasteiger partial charge in [-0.05, 0) is 36.8 Å². The fourth-order valence-corrected chi connectivity index (χ4v) is 3.94. The van der Waals surface area contributed by atoms with Crippen LogP contribution in [0, 0.1) is 0 Å². The lowest BCUT2D eigenvalue weighted by molar-refractivity contribution is -0.141. The fraction of sp³-hybridized carbons (Fsp3) is 0.150. The van der Waals surface area contributed by atoms with E-state index in [1.165, 1.54) is 18.4 Å². The number of benzene rings is 2. The van der Waals surface area contributed by atoms with Crippen molar-refractivity contribution >= 4 is 56.6 Å². The molecule has 0 saturated carbocycles. The summed E-state index contributed by atoms with van der Waals surface area (Å²) in [5.74, 6) is -0.990. The van der Waals surface area contributed by atoms with Crippen LogP contribution in [0.5, 0.6) is 0 Å². The summed E-state index contributed by atoms with van der Waals surface area (Å²) in [6.07, 6.45) is 0. The molecular weight excluding hydrogens is 384 g/mol. The van der Waals surface area contributed by atoms with Crippen LogP contribution in [0.25, 0.3) is 21.8 Å². The van der Waals surface area contributed by atoms with E-state index in [-0.39, 0.29) is 11.9 Å². The van der Waals surface area contributed by atoms with Crippen molar-refractivity contribution in [3.05, 3.63) is 63.6 Å². The van der Waals surface area contributed by atoms with Crippen LogP contribution in [0.1, 0.15) is 28.9 Å². The summed E-state index contributed by atoms with van der Waals surface area (Å²) < 4.78 is 6.48. The van der Waals surface area contributed by atoms with Gasteiger partial charge in [0.2, 0.25) is 0 Å². The molecule has 0 spiro atoms. The van der Waals surface area contributed by atoms with E-state index >= 15 is 0 Å². The Morgan fingerprint density at radius 1 is 1.15 bits per heavy atom. The first kappa shape index (κ1) is 17.7. The minimum absolute atomic E-state index is 0.221. The Balaban J connectivity index is 2.02. The second kappa shape index (κ2) is 6.79. The number of halogens is 1. The predicted octanol–water partition coefficient (Wildman–Crippen LogP) is 4.87. The van der Waals surface area contributed by atoms with Gasteiger partial charge in [0.05, 0.1) is 29.6 Å². The van der Waals surface area contributed by atoms with Gasteiger partial charge in [-0.2, -0.15) is 0 Å². The highest BCUT2D eigenvalue weighted by Crippen LogP contribution is 2.33. The molecule has 27 heavy (non-hydrogen) atoms. The molecule has 136 valence electrons. The number of carbonyl (C=O) groups excluding carboxylic acids is 2. The number of hydrogen-bond acceptors (Lipinski definition) is 5. The molecule has 2 aromatic heterocycles. The molecule has 4 rings (SSSR count). The Morgan fingerprint density at radius 2 is 1.96 bits per heavy atom. The molecule has 0 fully saturated rings. The van der Waals surface area contributed by atoms with Gasteiger partial charge in [-0.3, -0.25) is 14.2 Å². The van der Waals surface area contributed by atoms with Gasteiger partial charge in [0, 0.05) is 21.2 Å². The molecule has 0 saturated heterocycles. The van der Waals surface area contributed by atoms with Gasteiger partial charge >= 0.3 is 5.97 Å². The number of thiazole rings is 1. The highest BCUT2D eigenvalue weighted by Gasteiger charge is 2.22. The van der Waals surface area contributed by atoms with Gasteiger partial charge in [0.15, 0.2) is 0 Å². The molecule has 2 aromatic carbocycles. The van der Waals surface area contributed by atoms with Gasteiger partial charge in [-0.25, -0.2) is 4.98 Å². The Morgan fingerprint density at radius 3 is 2.67 bits per heavy atom. The Bertz CT molecular complexity index is 1180. The SMILES string of the molecule is COC(=O)C(C)c1ccc2c3cc(Cl)ccc3n(C(=O)c3cscn3)c2c1. The summed E-state index contributed by atoms with van der Waals surface area (Å²) >= 11 is 7.55. The predicted molar refractivity (Wildman–Crippen MR) is 107 cm³/mol. The molecule has 1 unspecified atom stereocenters. The van der Waals surface area contributed by atoms with Crippen LogP contribution in [0.4, 0.5) is 0 Å². The Labute approximate surface area is 164 Å². The van der Waals surface area contributed by atoms with Crippen molar-refractivity contribution in [3.8, 4) is 0 Å². The second-order valence-corrected chi connectivity index (χ2v) is 7.35. The van der Waals surface area contributed by atoms with Gasteiger partial charge in [-0.1, -0.05) is 23.7 Å². The number of ether oxygens (including phenoxy) is 1. The van der Waals surface area contributed by atoms with Gasteiger partial charge < -0.3 is 4.74 Å². The number of nitrogens with zero attached hydrogens (tertiary/aromatic N) is 2. The number of aromatic nitrogens is 2. The standard InChI is InChI=1S/C20H15ClN2O3S/c1-11(20(25)26-2)12-3-5-14-15-8-13(21)4-6-17(15)23(18(14)7-12)19(24)16-9-27-10-22-16/h3-11H,1-2H3. The van der Waals surface area contributed by atoms with E-state index in [4.69, 9.17) is 16.3 Å². The monoisotopic (exact) mass is 398 g/mol. The zero-order valence-electron chi connectivity index (χ0n) is 14.6. The zero-order valence-corrected chi connectivity index (χ0v) is 16.2. The van der Waals surface area contributed by atoms with Crippen molar-refractivity contribution < 1.29 is 14.3 Å². The molecule has 0 N–H and O–H groups in total. The molecule has 1 atom stereocenters. The summed E-state index contributed by atoms with van der Waals surface area (Å²) in [4.78, 5) is 29.2. The molecule has 0 aliphatic carbocycles. The third-order valence-corrected chi connectivity index (χ3v) is 5.48. The highest BCUT2D eigenvalue weighted by atomic mass is 35.5. The maximum Gasteiger partial charge on any atom is 0.312 e. The van der Waals surface area contributed by atoms with Crippen molar-refractivity contribution in [1.82, 2.24) is 9.55 Å². The molecule has 2 heterocycles. The van der Waals surface area contributed by atoms with Crippen molar-refractivity contribution in [2.24, 2.45) is 0 Å². The topological polar surface area (TPSA) is 61.2 Å². The molecule has 5 nitrogen and oxygen atoms in total. The van der Waals surface area contributed by atoms with Gasteiger partial charge in [-0.15, -0.1) is 11.3 Å².